The van der Waals surface area contributed by atoms with E-state index >= 15 is 0 Å². The topological polar surface area (TPSA) is 41.7 Å². The summed E-state index contributed by atoms with van der Waals surface area (Å²) in [5.41, 5.74) is 6.28. The molecule has 0 spiro atoms. The standard InChI is InChI=1S/C16H29N3O/c1-6-7-9-16(3)20-13-8-10-18(4)11-12-19(5)14-15(2)17/h6-7,9H,1-3,8,10-14,17H2,4-5H3/b9-7-. The molecule has 0 aromatic heterocycles. The van der Waals surface area contributed by atoms with E-state index in [2.05, 4.69) is 36.6 Å². The molecule has 4 heteroatoms. The lowest BCUT2D eigenvalue weighted by Gasteiger charge is -2.21. The Bertz CT molecular complexity index is 337. The summed E-state index contributed by atoms with van der Waals surface area (Å²) in [6.45, 7) is 15.5. The van der Waals surface area contributed by atoms with Gasteiger partial charge in [-0.05, 0) is 26.6 Å². The van der Waals surface area contributed by atoms with Crippen LogP contribution in [-0.4, -0.2) is 56.7 Å². The van der Waals surface area contributed by atoms with Gasteiger partial charge in [0, 0.05) is 31.9 Å². The molecule has 0 aromatic carbocycles. The van der Waals surface area contributed by atoms with E-state index in [0.29, 0.717) is 18.1 Å². The van der Waals surface area contributed by atoms with Crippen LogP contribution in [0, 0.1) is 0 Å². The van der Waals surface area contributed by atoms with Crippen molar-refractivity contribution in [1.82, 2.24) is 9.80 Å². The highest BCUT2D eigenvalue weighted by atomic mass is 16.5. The highest BCUT2D eigenvalue weighted by Gasteiger charge is 2.02. The quantitative estimate of drug-likeness (QED) is 0.337. The highest BCUT2D eigenvalue weighted by Crippen LogP contribution is 1.98. The van der Waals surface area contributed by atoms with Gasteiger partial charge in [-0.2, -0.15) is 0 Å². The summed E-state index contributed by atoms with van der Waals surface area (Å²) < 4.78 is 5.48. The lowest BCUT2D eigenvalue weighted by Crippen LogP contribution is -2.33. The monoisotopic (exact) mass is 279 g/mol. The lowest BCUT2D eigenvalue weighted by molar-refractivity contribution is 0.195. The third-order valence-corrected chi connectivity index (χ3v) is 2.73. The van der Waals surface area contributed by atoms with Crippen LogP contribution in [0.15, 0.2) is 49.4 Å². The van der Waals surface area contributed by atoms with Crippen molar-refractivity contribution in [3.63, 3.8) is 0 Å². The van der Waals surface area contributed by atoms with Crippen molar-refractivity contribution in [3.8, 4) is 0 Å². The molecule has 0 atom stereocenters. The van der Waals surface area contributed by atoms with Crippen LogP contribution in [-0.2, 0) is 4.74 Å². The van der Waals surface area contributed by atoms with Gasteiger partial charge in [0.1, 0.15) is 5.76 Å². The zero-order valence-electron chi connectivity index (χ0n) is 13.0. The van der Waals surface area contributed by atoms with E-state index in [1.165, 1.54) is 0 Å². The molecule has 0 aliphatic rings. The van der Waals surface area contributed by atoms with Crippen LogP contribution in [0.4, 0.5) is 0 Å². The molecule has 0 unspecified atom stereocenters. The summed E-state index contributed by atoms with van der Waals surface area (Å²) in [6, 6.07) is 0. The summed E-state index contributed by atoms with van der Waals surface area (Å²) in [7, 11) is 4.16. The van der Waals surface area contributed by atoms with E-state index in [1.807, 2.05) is 19.2 Å². The molecule has 0 heterocycles. The molecule has 114 valence electrons. The summed E-state index contributed by atoms with van der Waals surface area (Å²) in [5.74, 6) is 0.675. The number of hydrogen-bond acceptors (Lipinski definition) is 4. The summed E-state index contributed by atoms with van der Waals surface area (Å²) in [6.07, 6.45) is 6.31. The van der Waals surface area contributed by atoms with Gasteiger partial charge in [0.15, 0.2) is 0 Å². The predicted molar refractivity (Wildman–Crippen MR) is 87.4 cm³/mol. The Kier molecular flexibility index (Phi) is 10.5. The van der Waals surface area contributed by atoms with Gasteiger partial charge in [0.2, 0.25) is 0 Å². The molecule has 0 saturated heterocycles. The first-order chi connectivity index (χ1) is 9.45. The SMILES string of the molecule is C=C/C=C\C(=C)OCCCN(C)CCN(C)CC(=C)N. The minimum Gasteiger partial charge on any atom is -0.494 e. The Hall–Kier alpha value is -1.52. The second-order valence-electron chi connectivity index (χ2n) is 4.96. The van der Waals surface area contributed by atoms with Crippen LogP contribution in [0.5, 0.6) is 0 Å². The van der Waals surface area contributed by atoms with Crippen LogP contribution in [0.25, 0.3) is 0 Å². The maximum Gasteiger partial charge on any atom is 0.112 e. The molecule has 0 fully saturated rings. The normalized spacial score (nSPS) is 11.2. The first kappa shape index (κ1) is 18.5. The largest absolute Gasteiger partial charge is 0.494 e. The van der Waals surface area contributed by atoms with Crippen molar-refractivity contribution in [2.75, 3.05) is 46.9 Å². The minimum atomic E-state index is 0.675. The summed E-state index contributed by atoms with van der Waals surface area (Å²) in [4.78, 5) is 4.44. The van der Waals surface area contributed by atoms with Crippen LogP contribution < -0.4 is 5.73 Å². The Balaban J connectivity index is 3.60. The average Bonchev–Trinajstić information content (AvgIpc) is 2.38. The van der Waals surface area contributed by atoms with Crippen LogP contribution in [0.2, 0.25) is 0 Å². The number of nitrogens with two attached hydrogens (primary N) is 1. The number of rotatable bonds is 12. The molecule has 2 N–H and O–H groups in total. The highest BCUT2D eigenvalue weighted by molar-refractivity contribution is 5.12. The second-order valence-corrected chi connectivity index (χ2v) is 4.96. The predicted octanol–water partition coefficient (Wildman–Crippen LogP) is 1.99. The van der Waals surface area contributed by atoms with E-state index in [4.69, 9.17) is 10.5 Å². The Morgan fingerprint density at radius 3 is 2.40 bits per heavy atom. The molecule has 4 nitrogen and oxygen atoms in total. The molecule has 0 aliphatic carbocycles. The number of ether oxygens (including phenoxy) is 1. The van der Waals surface area contributed by atoms with E-state index in [9.17, 15) is 0 Å². The van der Waals surface area contributed by atoms with Gasteiger partial charge in [0.05, 0.1) is 6.61 Å². The molecular weight excluding hydrogens is 250 g/mol. The fraction of sp³-hybridized carbons (Fsp3) is 0.500. The molecule has 0 saturated carbocycles. The Labute approximate surface area is 123 Å². The molecule has 20 heavy (non-hydrogen) atoms. The van der Waals surface area contributed by atoms with E-state index < -0.39 is 0 Å². The number of hydrogen-bond donors (Lipinski definition) is 1. The van der Waals surface area contributed by atoms with Gasteiger partial charge in [-0.25, -0.2) is 0 Å². The van der Waals surface area contributed by atoms with Gasteiger partial charge in [-0.3, -0.25) is 4.90 Å². The maximum absolute atomic E-state index is 5.57. The lowest BCUT2D eigenvalue weighted by atomic mass is 10.4. The first-order valence-corrected chi connectivity index (χ1v) is 6.87. The zero-order valence-corrected chi connectivity index (χ0v) is 13.0. The molecule has 0 rings (SSSR count). The fourth-order valence-corrected chi connectivity index (χ4v) is 1.64. The maximum atomic E-state index is 5.57. The van der Waals surface area contributed by atoms with E-state index in [1.54, 1.807) is 6.08 Å². The molecule has 0 aromatic rings. The Morgan fingerprint density at radius 1 is 1.15 bits per heavy atom. The molecule has 0 amide bonds. The summed E-state index contributed by atoms with van der Waals surface area (Å²) in [5, 5.41) is 0. The Morgan fingerprint density at radius 2 is 1.80 bits per heavy atom. The van der Waals surface area contributed by atoms with E-state index in [-0.39, 0.29) is 0 Å². The number of nitrogens with zero attached hydrogens (tertiary/aromatic N) is 2. The van der Waals surface area contributed by atoms with Crippen LogP contribution in [0.3, 0.4) is 0 Å². The van der Waals surface area contributed by atoms with Crippen molar-refractivity contribution < 1.29 is 4.74 Å². The van der Waals surface area contributed by atoms with Crippen LogP contribution >= 0.6 is 0 Å². The number of allylic oxidation sites excluding steroid dienone is 3. The fourth-order valence-electron chi connectivity index (χ4n) is 1.64. The van der Waals surface area contributed by atoms with Crippen molar-refractivity contribution in [3.05, 3.63) is 49.4 Å². The third kappa shape index (κ3) is 11.6. The molecular formula is C16H29N3O. The third-order valence-electron chi connectivity index (χ3n) is 2.73. The number of likely N-dealkylation sites (N-methyl/N-ethyl adjacent to an activating group) is 2. The van der Waals surface area contributed by atoms with Crippen molar-refractivity contribution >= 4 is 0 Å². The first-order valence-electron chi connectivity index (χ1n) is 6.87. The van der Waals surface area contributed by atoms with Gasteiger partial charge in [0.25, 0.3) is 0 Å². The van der Waals surface area contributed by atoms with Gasteiger partial charge in [-0.15, -0.1) is 0 Å². The van der Waals surface area contributed by atoms with Crippen LogP contribution in [0.1, 0.15) is 6.42 Å². The van der Waals surface area contributed by atoms with Crippen molar-refractivity contribution in [2.24, 2.45) is 5.73 Å². The minimum absolute atomic E-state index is 0.675. The van der Waals surface area contributed by atoms with E-state index in [0.717, 1.165) is 32.6 Å². The van der Waals surface area contributed by atoms with Gasteiger partial charge in [-0.1, -0.05) is 31.9 Å². The van der Waals surface area contributed by atoms with Gasteiger partial charge < -0.3 is 15.4 Å². The zero-order chi connectivity index (χ0) is 15.4. The second kappa shape index (κ2) is 11.3. The smallest absolute Gasteiger partial charge is 0.112 e. The average molecular weight is 279 g/mol. The molecule has 0 aliphatic heterocycles. The van der Waals surface area contributed by atoms with Crippen molar-refractivity contribution in [2.45, 2.75) is 6.42 Å². The molecule has 0 radical (unpaired) electrons. The van der Waals surface area contributed by atoms with Crippen molar-refractivity contribution in [1.29, 1.82) is 0 Å². The van der Waals surface area contributed by atoms with Gasteiger partial charge >= 0.3 is 0 Å². The molecule has 0 bridgehead atoms. The summed E-state index contributed by atoms with van der Waals surface area (Å²) >= 11 is 0.